The second-order valence-electron chi connectivity index (χ2n) is 24.8. The molecule has 1 saturated heterocycles. The van der Waals surface area contributed by atoms with E-state index in [1.807, 2.05) is 90.9 Å². The summed E-state index contributed by atoms with van der Waals surface area (Å²) in [6, 6.07) is 21.8. The number of carbonyl (C=O) groups excluding carboxylic acids is 8. The molecule has 18 heteroatoms. The summed E-state index contributed by atoms with van der Waals surface area (Å²) in [6.07, 6.45) is 6.01. The smallest absolute Gasteiger partial charge is 0.255 e. The van der Waals surface area contributed by atoms with Gasteiger partial charge in [-0.2, -0.15) is 0 Å². The number of rotatable bonds is 17. The Kier molecular flexibility index (Phi) is 19.1. The van der Waals surface area contributed by atoms with E-state index in [9.17, 15) is 38.4 Å². The largest absolute Gasteiger partial charge is 0.347 e. The van der Waals surface area contributed by atoms with Gasteiger partial charge in [0.2, 0.25) is 35.4 Å². The minimum Gasteiger partial charge on any atom is -0.347 e. The lowest BCUT2D eigenvalue weighted by atomic mass is 9.83. The van der Waals surface area contributed by atoms with Crippen molar-refractivity contribution in [3.05, 3.63) is 136 Å². The lowest BCUT2D eigenvalue weighted by molar-refractivity contribution is -0.147. The third kappa shape index (κ3) is 13.9. The first-order valence-corrected chi connectivity index (χ1v) is 29.2. The highest BCUT2D eigenvalue weighted by Crippen LogP contribution is 2.35. The van der Waals surface area contributed by atoms with Crippen molar-refractivity contribution in [3.63, 3.8) is 0 Å². The molecule has 8 N–H and O–H groups in total. The van der Waals surface area contributed by atoms with Crippen LogP contribution in [0.2, 0.25) is 0 Å². The van der Waals surface area contributed by atoms with Gasteiger partial charge in [0.05, 0.1) is 24.2 Å². The number of anilines is 1. The summed E-state index contributed by atoms with van der Waals surface area (Å²) < 4.78 is 0. The standard InChI is InChI=1S/C64H84N10O8/c1-11-48(66-10)58(78)72-54(64(6,7)8)61(81)73-35-43-32-44(31-30-42(43)33-51(73)59(79)69-49-24-16-20-38-18-12-14-22-46(38)49)67-56(76)40-26-28-41(29-27-40)57(77)68-45-34-52(60(80)70-50-25-17-21-39-19-13-15-23-47(39)50)74(36-45)62(82)53(63(3,4)5)71-55(75)37(2)65-9/h12-15,18-19,22-23,26-32,37,45,48-54,65-66H,11,16-17,20-21,24-25,33-36H2,1-10H3,(H,67,76)(H,68,77)(H,69,79)(H,70,80)(H,71,75)(H,72,78)/t37-,45-,48-,49+,50+,51-,52-,53+,54+/m0/s1. The van der Waals surface area contributed by atoms with Crippen LogP contribution in [0.25, 0.3) is 0 Å². The summed E-state index contributed by atoms with van der Waals surface area (Å²) in [4.78, 5) is 116. The highest BCUT2D eigenvalue weighted by atomic mass is 16.2. The molecular weight excluding hydrogens is 1040 g/mol. The lowest BCUT2D eigenvalue weighted by Gasteiger charge is -2.42. The normalized spacial score (nSPS) is 21.0. The zero-order chi connectivity index (χ0) is 59.2. The van der Waals surface area contributed by atoms with E-state index in [2.05, 4.69) is 54.7 Å². The number of aryl methyl sites for hydroxylation is 2. The molecule has 4 aromatic carbocycles. The van der Waals surface area contributed by atoms with Gasteiger partial charge < -0.3 is 52.3 Å². The molecular formula is C64H84N10O8. The minimum absolute atomic E-state index is 0.0221. The first-order chi connectivity index (χ1) is 39.0. The number of fused-ring (bicyclic) bond motifs is 3. The van der Waals surface area contributed by atoms with E-state index < -0.39 is 70.8 Å². The molecule has 2 heterocycles. The predicted octanol–water partition coefficient (Wildman–Crippen LogP) is 5.95. The maximum absolute atomic E-state index is 15.0. The molecule has 8 amide bonds. The van der Waals surface area contributed by atoms with Gasteiger partial charge in [0.25, 0.3) is 11.8 Å². The summed E-state index contributed by atoms with van der Waals surface area (Å²) in [7, 11) is 3.36. The predicted molar refractivity (Wildman–Crippen MR) is 315 cm³/mol. The van der Waals surface area contributed by atoms with Crippen LogP contribution in [0.1, 0.15) is 160 Å². The van der Waals surface area contributed by atoms with Gasteiger partial charge in [0.1, 0.15) is 24.2 Å². The van der Waals surface area contributed by atoms with Crippen LogP contribution in [-0.4, -0.2) is 120 Å². The molecule has 82 heavy (non-hydrogen) atoms. The SMILES string of the molecule is CC[C@H](NC)C(=O)N[C@H](C(=O)N1Cc2cc(NC(=O)c3ccc(C(=O)N[C@H]4C[C@@H](C(=O)N[C@@H]5CCCc6ccccc65)N(C(=O)[C@@H](NC(=O)[C@H](C)NC)C(C)(C)C)C4)cc3)ccc2C[C@H]1C(=O)N[C@@H]1CCCc2ccccc21)C(C)(C)C. The van der Waals surface area contributed by atoms with E-state index in [1.165, 1.54) is 28.2 Å². The Balaban J connectivity index is 0.975. The van der Waals surface area contributed by atoms with E-state index in [0.717, 1.165) is 60.8 Å². The van der Waals surface area contributed by atoms with Crippen molar-refractivity contribution in [2.24, 2.45) is 10.8 Å². The molecule has 9 atom stereocenters. The molecule has 4 aromatic rings. The molecule has 8 rings (SSSR count). The van der Waals surface area contributed by atoms with Gasteiger partial charge in [-0.05, 0) is 153 Å². The van der Waals surface area contributed by atoms with Gasteiger partial charge in [-0.25, -0.2) is 0 Å². The molecule has 0 aromatic heterocycles. The van der Waals surface area contributed by atoms with Crippen LogP contribution in [0.3, 0.4) is 0 Å². The first-order valence-electron chi connectivity index (χ1n) is 29.2. The van der Waals surface area contributed by atoms with Crippen LogP contribution in [-0.2, 0) is 54.6 Å². The molecule has 0 radical (unpaired) electrons. The number of amides is 8. The maximum atomic E-state index is 15.0. The molecule has 0 bridgehead atoms. The number of likely N-dealkylation sites (tertiary alicyclic amines) is 1. The van der Waals surface area contributed by atoms with Crippen molar-refractivity contribution < 1.29 is 38.4 Å². The second-order valence-corrected chi connectivity index (χ2v) is 24.8. The summed E-state index contributed by atoms with van der Waals surface area (Å²) >= 11 is 0. The number of likely N-dealkylation sites (N-methyl/N-ethyl adjacent to an activating group) is 2. The Morgan fingerprint density at radius 1 is 0.585 bits per heavy atom. The van der Waals surface area contributed by atoms with Crippen molar-refractivity contribution >= 4 is 52.9 Å². The summed E-state index contributed by atoms with van der Waals surface area (Å²) in [5, 5.41) is 24.4. The Hall–Kier alpha value is -7.44. The molecule has 18 nitrogen and oxygen atoms in total. The van der Waals surface area contributed by atoms with Gasteiger partial charge in [-0.15, -0.1) is 0 Å². The fraction of sp³-hybridized carbons (Fsp3) is 0.500. The van der Waals surface area contributed by atoms with Gasteiger partial charge in [-0.1, -0.05) is 103 Å². The Morgan fingerprint density at radius 2 is 1.11 bits per heavy atom. The minimum atomic E-state index is -0.977. The van der Waals surface area contributed by atoms with Crippen molar-refractivity contribution in [2.75, 3.05) is 26.0 Å². The molecule has 1 fully saturated rings. The molecule has 2 aliphatic heterocycles. The zero-order valence-electron chi connectivity index (χ0n) is 49.3. The van der Waals surface area contributed by atoms with Crippen molar-refractivity contribution in [3.8, 4) is 0 Å². The fourth-order valence-electron chi connectivity index (χ4n) is 11.9. The number of benzene rings is 4. The summed E-state index contributed by atoms with van der Waals surface area (Å²) in [5.74, 6) is -3.02. The van der Waals surface area contributed by atoms with Crippen LogP contribution in [0.4, 0.5) is 5.69 Å². The van der Waals surface area contributed by atoms with E-state index in [4.69, 9.17) is 0 Å². The van der Waals surface area contributed by atoms with Crippen molar-refractivity contribution in [1.29, 1.82) is 0 Å². The van der Waals surface area contributed by atoms with E-state index in [-0.39, 0.29) is 78.7 Å². The molecule has 4 aliphatic rings. The lowest BCUT2D eigenvalue weighted by Crippen LogP contribution is -2.62. The van der Waals surface area contributed by atoms with Crippen molar-refractivity contribution in [2.45, 2.75) is 174 Å². The fourth-order valence-corrected chi connectivity index (χ4v) is 11.9. The maximum Gasteiger partial charge on any atom is 0.255 e. The number of hydrogen-bond donors (Lipinski definition) is 8. The van der Waals surface area contributed by atoms with E-state index in [0.29, 0.717) is 12.1 Å². The highest BCUT2D eigenvalue weighted by molar-refractivity contribution is 6.05. The molecule has 0 spiro atoms. The van der Waals surface area contributed by atoms with Crippen LogP contribution in [0.5, 0.6) is 0 Å². The average Bonchev–Trinajstić information content (AvgIpc) is 3.48. The van der Waals surface area contributed by atoms with Crippen LogP contribution < -0.4 is 42.5 Å². The summed E-state index contributed by atoms with van der Waals surface area (Å²) in [6.45, 7) is 14.9. The summed E-state index contributed by atoms with van der Waals surface area (Å²) in [5.41, 5.74) is 5.59. The van der Waals surface area contributed by atoms with Crippen LogP contribution in [0, 0.1) is 10.8 Å². The van der Waals surface area contributed by atoms with E-state index >= 15 is 0 Å². The number of carbonyl (C=O) groups is 8. The number of hydrogen-bond acceptors (Lipinski definition) is 10. The third-order valence-corrected chi connectivity index (χ3v) is 16.9. The average molecular weight is 1120 g/mol. The Morgan fingerprint density at radius 3 is 1.65 bits per heavy atom. The molecule has 0 unspecified atom stereocenters. The second kappa shape index (κ2) is 25.8. The van der Waals surface area contributed by atoms with Gasteiger partial charge in [0, 0.05) is 42.4 Å². The Bertz CT molecular complexity index is 3040. The first kappa shape index (κ1) is 60.7. The third-order valence-electron chi connectivity index (χ3n) is 16.9. The van der Waals surface area contributed by atoms with Crippen molar-refractivity contribution in [1.82, 2.24) is 47.0 Å². The zero-order valence-corrected chi connectivity index (χ0v) is 49.3. The highest BCUT2D eigenvalue weighted by Gasteiger charge is 2.47. The quantitative estimate of drug-likeness (QED) is 0.0619. The molecule has 0 saturated carbocycles. The molecule has 2 aliphatic carbocycles. The van der Waals surface area contributed by atoms with Crippen LogP contribution in [0.15, 0.2) is 91.0 Å². The van der Waals surface area contributed by atoms with Gasteiger partial charge in [-0.3, -0.25) is 38.4 Å². The van der Waals surface area contributed by atoms with Gasteiger partial charge >= 0.3 is 0 Å². The number of nitrogens with one attached hydrogen (secondary N) is 8. The monoisotopic (exact) mass is 1120 g/mol. The van der Waals surface area contributed by atoms with Gasteiger partial charge in [0.15, 0.2) is 0 Å². The van der Waals surface area contributed by atoms with Crippen LogP contribution >= 0.6 is 0 Å². The van der Waals surface area contributed by atoms with E-state index in [1.54, 1.807) is 50.2 Å². The number of nitrogens with zero attached hydrogens (tertiary/aromatic N) is 2. The topological polar surface area (TPSA) is 239 Å². The Labute approximate surface area is 482 Å². The molecule has 438 valence electrons.